The van der Waals surface area contributed by atoms with Gasteiger partial charge in [0.1, 0.15) is 5.82 Å². The van der Waals surface area contributed by atoms with Crippen molar-refractivity contribution in [2.24, 2.45) is 0 Å². The van der Waals surface area contributed by atoms with Crippen LogP contribution in [-0.2, 0) is 6.42 Å². The predicted molar refractivity (Wildman–Crippen MR) is 90.4 cm³/mol. The molecule has 1 nitrogen and oxygen atoms in total. The van der Waals surface area contributed by atoms with Crippen molar-refractivity contribution < 1.29 is 4.39 Å². The molecule has 1 N–H and O–H groups in total. The Kier molecular flexibility index (Phi) is 5.80. The van der Waals surface area contributed by atoms with Gasteiger partial charge in [-0.25, -0.2) is 4.39 Å². The Balaban J connectivity index is 2.33. The summed E-state index contributed by atoms with van der Waals surface area (Å²) in [6.07, 6.45) is 0.727. The van der Waals surface area contributed by atoms with Gasteiger partial charge in [-0.2, -0.15) is 0 Å². The Bertz CT molecular complexity index is 630. The van der Waals surface area contributed by atoms with E-state index < -0.39 is 0 Å². The van der Waals surface area contributed by atoms with Gasteiger partial charge in [-0.05, 0) is 47.4 Å². The maximum Gasteiger partial charge on any atom is 0.147 e. The van der Waals surface area contributed by atoms with E-state index in [0.717, 1.165) is 13.0 Å². The number of hydrogen-bond donors (Lipinski definition) is 1. The van der Waals surface area contributed by atoms with Crippen molar-refractivity contribution in [3.05, 3.63) is 68.4 Å². The highest BCUT2D eigenvalue weighted by Gasteiger charge is 2.19. The Morgan fingerprint density at radius 2 is 2.05 bits per heavy atom. The lowest BCUT2D eigenvalue weighted by Crippen LogP contribution is -2.24. The van der Waals surface area contributed by atoms with Crippen LogP contribution < -0.4 is 5.32 Å². The summed E-state index contributed by atoms with van der Waals surface area (Å²) in [5.41, 5.74) is 2.99. The fraction of sp³-hybridized carbons (Fsp3) is 0.294. The summed E-state index contributed by atoms with van der Waals surface area (Å²) in [5.74, 6) is -0.357. The molecular formula is C17H18BrClFN. The van der Waals surface area contributed by atoms with Gasteiger partial charge >= 0.3 is 0 Å². The van der Waals surface area contributed by atoms with Crippen molar-refractivity contribution in [2.45, 2.75) is 26.3 Å². The first-order chi connectivity index (χ1) is 10.0. The molecule has 0 bridgehead atoms. The van der Waals surface area contributed by atoms with Gasteiger partial charge in [-0.1, -0.05) is 54.4 Å². The van der Waals surface area contributed by atoms with E-state index in [2.05, 4.69) is 46.4 Å². The van der Waals surface area contributed by atoms with Crippen molar-refractivity contribution >= 4 is 27.5 Å². The molecule has 0 amide bonds. The van der Waals surface area contributed by atoms with Crippen LogP contribution in [0.2, 0.25) is 5.02 Å². The molecule has 112 valence electrons. The van der Waals surface area contributed by atoms with Crippen molar-refractivity contribution in [3.63, 3.8) is 0 Å². The van der Waals surface area contributed by atoms with Crippen LogP contribution in [0.4, 0.5) is 4.39 Å². The lowest BCUT2D eigenvalue weighted by Gasteiger charge is -2.20. The van der Waals surface area contributed by atoms with E-state index in [1.165, 1.54) is 11.1 Å². The summed E-state index contributed by atoms with van der Waals surface area (Å²) in [6.45, 7) is 4.84. The van der Waals surface area contributed by atoms with E-state index in [9.17, 15) is 4.39 Å². The van der Waals surface area contributed by atoms with Gasteiger partial charge in [0, 0.05) is 16.1 Å². The van der Waals surface area contributed by atoms with Crippen molar-refractivity contribution in [1.29, 1.82) is 0 Å². The van der Waals surface area contributed by atoms with Gasteiger partial charge in [-0.3, -0.25) is 0 Å². The van der Waals surface area contributed by atoms with Crippen LogP contribution in [0.15, 0.2) is 40.9 Å². The minimum absolute atomic E-state index is 0.0950. The first kappa shape index (κ1) is 16.5. The third-order valence-electron chi connectivity index (χ3n) is 3.41. The molecule has 0 radical (unpaired) electrons. The Morgan fingerprint density at radius 3 is 2.71 bits per heavy atom. The highest BCUT2D eigenvalue weighted by Crippen LogP contribution is 2.31. The number of hydrogen-bond acceptors (Lipinski definition) is 1. The molecule has 0 saturated heterocycles. The molecular weight excluding hydrogens is 353 g/mol. The first-order valence-corrected chi connectivity index (χ1v) is 8.12. The SMILES string of the molecule is CCNC(Cc1cccc(C)c1)c1ccc(Br)c(Cl)c1F. The highest BCUT2D eigenvalue weighted by molar-refractivity contribution is 9.10. The lowest BCUT2D eigenvalue weighted by molar-refractivity contribution is 0.510. The summed E-state index contributed by atoms with van der Waals surface area (Å²) >= 11 is 9.26. The van der Waals surface area contributed by atoms with E-state index in [-0.39, 0.29) is 16.9 Å². The average molecular weight is 371 g/mol. The number of likely N-dealkylation sites (N-methyl/N-ethyl adjacent to an activating group) is 1. The van der Waals surface area contributed by atoms with Crippen LogP contribution in [0.5, 0.6) is 0 Å². The zero-order chi connectivity index (χ0) is 15.4. The topological polar surface area (TPSA) is 12.0 Å². The van der Waals surface area contributed by atoms with Crippen molar-refractivity contribution in [2.75, 3.05) is 6.54 Å². The maximum atomic E-state index is 14.4. The second-order valence-electron chi connectivity index (χ2n) is 5.07. The first-order valence-electron chi connectivity index (χ1n) is 6.95. The smallest absolute Gasteiger partial charge is 0.147 e. The minimum Gasteiger partial charge on any atom is -0.310 e. The quantitative estimate of drug-likeness (QED) is 0.691. The molecule has 0 fully saturated rings. The molecule has 1 atom stereocenters. The Hall–Kier alpha value is -0.900. The molecule has 2 aromatic rings. The third-order valence-corrected chi connectivity index (χ3v) is 4.67. The zero-order valence-corrected chi connectivity index (χ0v) is 14.4. The molecule has 21 heavy (non-hydrogen) atoms. The number of nitrogens with one attached hydrogen (secondary N) is 1. The Morgan fingerprint density at radius 1 is 1.29 bits per heavy atom. The number of rotatable bonds is 5. The van der Waals surface area contributed by atoms with Crippen molar-refractivity contribution in [1.82, 2.24) is 5.32 Å². The molecule has 2 aromatic carbocycles. The average Bonchev–Trinajstić information content (AvgIpc) is 2.45. The van der Waals surface area contributed by atoms with E-state index in [0.29, 0.717) is 10.0 Å². The predicted octanol–water partition coefficient (Wildman–Crippen LogP) is 5.44. The molecule has 0 heterocycles. The maximum absolute atomic E-state index is 14.4. The van der Waals surface area contributed by atoms with Crippen LogP contribution in [0.25, 0.3) is 0 Å². The summed E-state index contributed by atoms with van der Waals surface area (Å²) in [5, 5.41) is 3.48. The molecule has 0 aliphatic heterocycles. The van der Waals surface area contributed by atoms with Gasteiger partial charge < -0.3 is 5.32 Å². The molecule has 0 saturated carbocycles. The molecule has 1 unspecified atom stereocenters. The number of aryl methyl sites for hydroxylation is 1. The molecule has 2 rings (SSSR count). The summed E-state index contributed by atoms with van der Waals surface area (Å²) < 4.78 is 15.0. The molecule has 4 heteroatoms. The number of halogens is 3. The lowest BCUT2D eigenvalue weighted by atomic mass is 9.97. The van der Waals surface area contributed by atoms with Gasteiger partial charge in [0.15, 0.2) is 0 Å². The number of benzene rings is 2. The van der Waals surface area contributed by atoms with E-state index in [1.54, 1.807) is 12.1 Å². The van der Waals surface area contributed by atoms with Gasteiger partial charge in [0.2, 0.25) is 0 Å². The van der Waals surface area contributed by atoms with E-state index in [4.69, 9.17) is 11.6 Å². The van der Waals surface area contributed by atoms with Crippen LogP contribution >= 0.6 is 27.5 Å². The van der Waals surface area contributed by atoms with Crippen LogP contribution in [-0.4, -0.2) is 6.54 Å². The molecule has 0 aromatic heterocycles. The third kappa shape index (κ3) is 4.06. The van der Waals surface area contributed by atoms with E-state index >= 15 is 0 Å². The van der Waals surface area contributed by atoms with Crippen LogP contribution in [0.1, 0.15) is 29.7 Å². The van der Waals surface area contributed by atoms with E-state index in [1.807, 2.05) is 13.0 Å². The standard InChI is InChI=1S/C17H18BrClFN/c1-3-21-15(10-12-6-4-5-11(2)9-12)13-7-8-14(18)16(19)17(13)20/h4-9,15,21H,3,10H2,1-2H3. The van der Waals surface area contributed by atoms with Gasteiger partial charge in [-0.15, -0.1) is 0 Å². The fourth-order valence-electron chi connectivity index (χ4n) is 2.42. The van der Waals surface area contributed by atoms with Gasteiger partial charge in [0.25, 0.3) is 0 Å². The van der Waals surface area contributed by atoms with Crippen LogP contribution in [0, 0.1) is 12.7 Å². The normalized spacial score (nSPS) is 12.4. The molecule has 0 aliphatic carbocycles. The van der Waals surface area contributed by atoms with Crippen LogP contribution in [0.3, 0.4) is 0 Å². The highest BCUT2D eigenvalue weighted by atomic mass is 79.9. The fourth-order valence-corrected chi connectivity index (χ4v) is 2.90. The monoisotopic (exact) mass is 369 g/mol. The summed E-state index contributed by atoms with van der Waals surface area (Å²) in [6, 6.07) is 11.8. The van der Waals surface area contributed by atoms with Gasteiger partial charge in [0.05, 0.1) is 5.02 Å². The molecule has 0 aliphatic rings. The zero-order valence-electron chi connectivity index (χ0n) is 12.1. The largest absolute Gasteiger partial charge is 0.310 e. The molecule has 0 spiro atoms. The second-order valence-corrected chi connectivity index (χ2v) is 6.30. The minimum atomic E-state index is -0.357. The Labute approximate surface area is 138 Å². The second kappa shape index (κ2) is 7.39. The van der Waals surface area contributed by atoms with Crippen molar-refractivity contribution in [3.8, 4) is 0 Å². The summed E-state index contributed by atoms with van der Waals surface area (Å²) in [4.78, 5) is 0. The summed E-state index contributed by atoms with van der Waals surface area (Å²) in [7, 11) is 0.